The maximum Gasteiger partial charge on any atom is 0.326 e. The average Bonchev–Trinajstić information content (AvgIpc) is 2.77. The predicted molar refractivity (Wildman–Crippen MR) is 60.3 cm³/mol. The van der Waals surface area contributed by atoms with Gasteiger partial charge in [0, 0.05) is 13.1 Å². The zero-order valence-electron chi connectivity index (χ0n) is 9.90. The molecule has 1 aliphatic carbocycles. The normalized spacial score (nSPS) is 18.1. The summed E-state index contributed by atoms with van der Waals surface area (Å²) < 4.78 is 0. The molecular weight excluding hydrogens is 208 g/mol. The molecule has 16 heavy (non-hydrogen) atoms. The van der Waals surface area contributed by atoms with Crippen LogP contribution in [0.5, 0.6) is 0 Å². The van der Waals surface area contributed by atoms with Crippen molar-refractivity contribution in [3.8, 4) is 0 Å². The molecule has 0 spiro atoms. The lowest BCUT2D eigenvalue weighted by Crippen LogP contribution is -2.49. The molecule has 1 fully saturated rings. The van der Waals surface area contributed by atoms with Gasteiger partial charge < -0.3 is 15.3 Å². The van der Waals surface area contributed by atoms with E-state index in [0.29, 0.717) is 6.42 Å². The van der Waals surface area contributed by atoms with Gasteiger partial charge in [0.05, 0.1) is 0 Å². The molecule has 0 saturated heterocycles. The van der Waals surface area contributed by atoms with Crippen LogP contribution in [0.25, 0.3) is 0 Å². The van der Waals surface area contributed by atoms with Gasteiger partial charge in [0.25, 0.3) is 0 Å². The molecule has 92 valence electrons. The summed E-state index contributed by atoms with van der Waals surface area (Å²) in [6.45, 7) is 1.74. The van der Waals surface area contributed by atoms with Crippen LogP contribution < -0.4 is 5.32 Å². The van der Waals surface area contributed by atoms with Crippen LogP contribution in [0.2, 0.25) is 0 Å². The van der Waals surface area contributed by atoms with Crippen LogP contribution in [0.1, 0.15) is 39.0 Å². The minimum Gasteiger partial charge on any atom is -0.480 e. The zero-order valence-corrected chi connectivity index (χ0v) is 9.90. The van der Waals surface area contributed by atoms with Gasteiger partial charge in [-0.1, -0.05) is 19.8 Å². The number of carbonyl (C=O) groups is 2. The molecule has 0 aromatic rings. The molecule has 0 aromatic carbocycles. The standard InChI is InChI=1S/C11H20N2O3/c1-3-9(10(14)15)12-11(16)13(2)8-6-4-5-7-8/h8-9H,3-7H2,1-2H3,(H,12,16)(H,14,15)/t9-/m0/s1. The van der Waals surface area contributed by atoms with E-state index in [0.717, 1.165) is 25.7 Å². The Kier molecular flexibility index (Phi) is 4.58. The molecular formula is C11H20N2O3. The fourth-order valence-corrected chi connectivity index (χ4v) is 2.05. The van der Waals surface area contributed by atoms with Crippen molar-refractivity contribution in [3.63, 3.8) is 0 Å². The monoisotopic (exact) mass is 228 g/mol. The third-order valence-corrected chi connectivity index (χ3v) is 3.20. The molecule has 0 aromatic heterocycles. The Morgan fingerprint density at radius 3 is 2.44 bits per heavy atom. The second-order valence-electron chi connectivity index (χ2n) is 4.30. The van der Waals surface area contributed by atoms with E-state index in [9.17, 15) is 9.59 Å². The summed E-state index contributed by atoms with van der Waals surface area (Å²) in [7, 11) is 1.74. The highest BCUT2D eigenvalue weighted by molar-refractivity contribution is 5.82. The minimum absolute atomic E-state index is 0.270. The van der Waals surface area contributed by atoms with Crippen LogP contribution >= 0.6 is 0 Å². The third-order valence-electron chi connectivity index (χ3n) is 3.20. The predicted octanol–water partition coefficient (Wildman–Crippen LogP) is 1.43. The molecule has 0 aliphatic heterocycles. The van der Waals surface area contributed by atoms with Crippen molar-refractivity contribution >= 4 is 12.0 Å². The topological polar surface area (TPSA) is 69.6 Å². The van der Waals surface area contributed by atoms with Gasteiger partial charge >= 0.3 is 12.0 Å². The summed E-state index contributed by atoms with van der Waals surface area (Å²) in [4.78, 5) is 24.2. The van der Waals surface area contributed by atoms with Crippen molar-refractivity contribution < 1.29 is 14.7 Å². The summed E-state index contributed by atoms with van der Waals surface area (Å²) in [6.07, 6.45) is 4.75. The van der Waals surface area contributed by atoms with Crippen LogP contribution in [0.15, 0.2) is 0 Å². The highest BCUT2D eigenvalue weighted by atomic mass is 16.4. The third kappa shape index (κ3) is 3.12. The number of urea groups is 1. The average molecular weight is 228 g/mol. The van der Waals surface area contributed by atoms with Crippen molar-refractivity contribution in [2.24, 2.45) is 0 Å². The lowest BCUT2D eigenvalue weighted by molar-refractivity contribution is -0.139. The number of carboxylic acid groups (broad SMARTS) is 1. The van der Waals surface area contributed by atoms with Gasteiger partial charge in [-0.3, -0.25) is 0 Å². The SMILES string of the molecule is CC[C@H](NC(=O)N(C)C1CCCC1)C(=O)O. The van der Waals surface area contributed by atoms with E-state index in [2.05, 4.69) is 5.32 Å². The van der Waals surface area contributed by atoms with E-state index < -0.39 is 12.0 Å². The quantitative estimate of drug-likeness (QED) is 0.764. The first-order chi connectivity index (χ1) is 7.56. The Bertz CT molecular complexity index is 262. The molecule has 1 atom stereocenters. The van der Waals surface area contributed by atoms with E-state index in [1.54, 1.807) is 18.9 Å². The molecule has 0 unspecified atom stereocenters. The highest BCUT2D eigenvalue weighted by Gasteiger charge is 2.26. The van der Waals surface area contributed by atoms with Gasteiger partial charge in [-0.05, 0) is 19.3 Å². The lowest BCUT2D eigenvalue weighted by Gasteiger charge is -2.26. The molecule has 0 radical (unpaired) electrons. The first-order valence-corrected chi connectivity index (χ1v) is 5.82. The highest BCUT2D eigenvalue weighted by Crippen LogP contribution is 2.22. The molecule has 5 nitrogen and oxygen atoms in total. The summed E-state index contributed by atoms with van der Waals surface area (Å²) in [5, 5.41) is 11.4. The Hall–Kier alpha value is -1.26. The van der Waals surface area contributed by atoms with Crippen molar-refractivity contribution in [1.82, 2.24) is 10.2 Å². The number of carboxylic acids is 1. The molecule has 0 heterocycles. The molecule has 5 heteroatoms. The number of hydrogen-bond acceptors (Lipinski definition) is 2. The Morgan fingerprint density at radius 2 is 2.00 bits per heavy atom. The first-order valence-electron chi connectivity index (χ1n) is 5.82. The van der Waals surface area contributed by atoms with Crippen molar-refractivity contribution in [1.29, 1.82) is 0 Å². The van der Waals surface area contributed by atoms with Crippen LogP contribution in [-0.2, 0) is 4.79 Å². The van der Waals surface area contributed by atoms with Gasteiger partial charge in [-0.25, -0.2) is 9.59 Å². The van der Waals surface area contributed by atoms with Crippen molar-refractivity contribution in [2.45, 2.75) is 51.1 Å². The number of nitrogens with zero attached hydrogens (tertiary/aromatic N) is 1. The fraction of sp³-hybridized carbons (Fsp3) is 0.818. The van der Waals surface area contributed by atoms with Crippen LogP contribution in [0, 0.1) is 0 Å². The molecule has 2 N–H and O–H groups in total. The molecule has 2 amide bonds. The van der Waals surface area contributed by atoms with Crippen LogP contribution in [0.3, 0.4) is 0 Å². The Balaban J connectivity index is 2.46. The second kappa shape index (κ2) is 5.72. The van der Waals surface area contributed by atoms with Crippen LogP contribution in [-0.4, -0.2) is 41.1 Å². The number of aliphatic carboxylic acids is 1. The number of amides is 2. The summed E-state index contributed by atoms with van der Waals surface area (Å²) in [6, 6.07) is -0.788. The Morgan fingerprint density at radius 1 is 1.44 bits per heavy atom. The van der Waals surface area contributed by atoms with E-state index in [1.165, 1.54) is 0 Å². The molecule has 1 aliphatic rings. The zero-order chi connectivity index (χ0) is 12.1. The Labute approximate surface area is 95.8 Å². The van der Waals surface area contributed by atoms with Crippen molar-refractivity contribution in [3.05, 3.63) is 0 Å². The van der Waals surface area contributed by atoms with Crippen molar-refractivity contribution in [2.75, 3.05) is 7.05 Å². The number of hydrogen-bond donors (Lipinski definition) is 2. The number of nitrogens with one attached hydrogen (secondary N) is 1. The maximum atomic E-state index is 11.8. The maximum absolute atomic E-state index is 11.8. The van der Waals surface area contributed by atoms with E-state index in [4.69, 9.17) is 5.11 Å². The fourth-order valence-electron chi connectivity index (χ4n) is 2.05. The molecule has 1 rings (SSSR count). The summed E-state index contributed by atoms with van der Waals surface area (Å²) in [5.41, 5.74) is 0. The van der Waals surface area contributed by atoms with Gasteiger partial charge in [0.15, 0.2) is 0 Å². The van der Waals surface area contributed by atoms with E-state index >= 15 is 0 Å². The largest absolute Gasteiger partial charge is 0.480 e. The number of carbonyl (C=O) groups excluding carboxylic acids is 1. The minimum atomic E-state index is -0.976. The summed E-state index contributed by atoms with van der Waals surface area (Å²) >= 11 is 0. The second-order valence-corrected chi connectivity index (χ2v) is 4.30. The van der Waals surface area contributed by atoms with Gasteiger partial charge in [-0.15, -0.1) is 0 Å². The molecule has 0 bridgehead atoms. The lowest BCUT2D eigenvalue weighted by atomic mass is 10.2. The van der Waals surface area contributed by atoms with E-state index in [-0.39, 0.29) is 12.1 Å². The van der Waals surface area contributed by atoms with Gasteiger partial charge in [0.2, 0.25) is 0 Å². The van der Waals surface area contributed by atoms with Gasteiger partial charge in [0.1, 0.15) is 6.04 Å². The summed E-state index contributed by atoms with van der Waals surface area (Å²) in [5.74, 6) is -0.976. The van der Waals surface area contributed by atoms with Gasteiger partial charge in [-0.2, -0.15) is 0 Å². The van der Waals surface area contributed by atoms with E-state index in [1.807, 2.05) is 0 Å². The van der Waals surface area contributed by atoms with Crippen LogP contribution in [0.4, 0.5) is 4.79 Å². The number of rotatable bonds is 4. The first kappa shape index (κ1) is 12.8. The smallest absolute Gasteiger partial charge is 0.326 e. The molecule has 1 saturated carbocycles.